The minimum atomic E-state index is 0.328. The van der Waals surface area contributed by atoms with Gasteiger partial charge in [-0.05, 0) is 25.5 Å². The van der Waals surface area contributed by atoms with Crippen LogP contribution in [0.3, 0.4) is 0 Å². The second-order valence-electron chi connectivity index (χ2n) is 3.66. The van der Waals surface area contributed by atoms with E-state index in [0.717, 1.165) is 11.3 Å². The van der Waals surface area contributed by atoms with Gasteiger partial charge in [0.2, 0.25) is 0 Å². The van der Waals surface area contributed by atoms with Crippen molar-refractivity contribution in [2.24, 2.45) is 5.73 Å². The maximum atomic E-state index is 5.67. The van der Waals surface area contributed by atoms with Crippen molar-refractivity contribution in [3.05, 3.63) is 35.7 Å². The van der Waals surface area contributed by atoms with Gasteiger partial charge in [-0.1, -0.05) is 23.3 Å². The Morgan fingerprint density at radius 2 is 2.06 bits per heavy atom. The fraction of sp³-hybridized carbons (Fsp3) is 0.333. The number of hydrogen-bond acceptors (Lipinski definition) is 4. The number of hydrogen-bond donors (Lipinski definition) is 1. The smallest absolute Gasteiger partial charge is 0.321 e. The van der Waals surface area contributed by atoms with Crippen molar-refractivity contribution in [3.8, 4) is 11.7 Å². The summed E-state index contributed by atoms with van der Waals surface area (Å²) in [4.78, 5) is 0. The van der Waals surface area contributed by atoms with Crippen molar-refractivity contribution < 1.29 is 4.74 Å². The first-order valence-corrected chi connectivity index (χ1v) is 5.61. The summed E-state index contributed by atoms with van der Waals surface area (Å²) in [5, 5.41) is 8.04. The van der Waals surface area contributed by atoms with E-state index in [0.29, 0.717) is 25.0 Å². The zero-order chi connectivity index (χ0) is 12.3. The molecule has 17 heavy (non-hydrogen) atoms. The first-order valence-electron chi connectivity index (χ1n) is 5.61. The predicted molar refractivity (Wildman–Crippen MR) is 65.2 cm³/mol. The van der Waals surface area contributed by atoms with Gasteiger partial charge in [-0.3, -0.25) is 0 Å². The van der Waals surface area contributed by atoms with Crippen molar-refractivity contribution >= 4 is 0 Å². The van der Waals surface area contributed by atoms with Crippen molar-refractivity contribution in [2.45, 2.75) is 20.4 Å². The molecule has 0 spiro atoms. The van der Waals surface area contributed by atoms with Gasteiger partial charge in [0.25, 0.3) is 0 Å². The Hall–Kier alpha value is -1.88. The molecule has 0 bridgehead atoms. The highest BCUT2D eigenvalue weighted by molar-refractivity contribution is 5.42. The van der Waals surface area contributed by atoms with Crippen molar-refractivity contribution in [1.82, 2.24) is 14.8 Å². The monoisotopic (exact) mass is 232 g/mol. The van der Waals surface area contributed by atoms with Crippen LogP contribution in [0.1, 0.15) is 18.3 Å². The molecule has 5 heteroatoms. The van der Waals surface area contributed by atoms with Crippen LogP contribution in [0.5, 0.6) is 6.01 Å². The molecule has 0 radical (unpaired) electrons. The van der Waals surface area contributed by atoms with Crippen LogP contribution in [0.4, 0.5) is 0 Å². The molecule has 0 aliphatic rings. The lowest BCUT2D eigenvalue weighted by Crippen LogP contribution is -2.09. The highest BCUT2D eigenvalue weighted by atomic mass is 16.5. The first kappa shape index (κ1) is 11.6. The van der Waals surface area contributed by atoms with Crippen molar-refractivity contribution in [1.29, 1.82) is 0 Å². The lowest BCUT2D eigenvalue weighted by Gasteiger charge is -2.11. The second-order valence-corrected chi connectivity index (χ2v) is 3.66. The zero-order valence-corrected chi connectivity index (χ0v) is 10.1. The average molecular weight is 232 g/mol. The highest BCUT2D eigenvalue weighted by Gasteiger charge is 2.14. The Labute approximate surface area is 100 Å². The van der Waals surface area contributed by atoms with Gasteiger partial charge in [-0.2, -0.15) is 0 Å². The average Bonchev–Trinajstić information content (AvgIpc) is 2.73. The number of aromatic nitrogens is 3. The molecule has 0 atom stereocenters. The number of benzene rings is 1. The molecule has 2 rings (SSSR count). The molecule has 1 heterocycles. The van der Waals surface area contributed by atoms with Crippen LogP contribution in [-0.4, -0.2) is 21.4 Å². The summed E-state index contributed by atoms with van der Waals surface area (Å²) in [5.74, 6) is 0.697. The van der Waals surface area contributed by atoms with Gasteiger partial charge >= 0.3 is 6.01 Å². The van der Waals surface area contributed by atoms with E-state index in [9.17, 15) is 0 Å². The van der Waals surface area contributed by atoms with Crippen LogP contribution in [0.2, 0.25) is 0 Å². The quantitative estimate of drug-likeness (QED) is 0.866. The molecule has 0 amide bonds. The molecule has 0 saturated heterocycles. The Bertz CT molecular complexity index is 507. The van der Waals surface area contributed by atoms with E-state index >= 15 is 0 Å². The van der Waals surface area contributed by atoms with Crippen LogP contribution in [0.15, 0.2) is 24.3 Å². The fourth-order valence-corrected chi connectivity index (χ4v) is 1.71. The molecule has 0 saturated carbocycles. The number of nitrogens with zero attached hydrogens (tertiary/aromatic N) is 3. The van der Waals surface area contributed by atoms with E-state index in [4.69, 9.17) is 10.5 Å². The van der Waals surface area contributed by atoms with Crippen LogP contribution >= 0.6 is 0 Å². The lowest BCUT2D eigenvalue weighted by molar-refractivity contribution is 0.305. The fourth-order valence-electron chi connectivity index (χ4n) is 1.71. The molecule has 0 aliphatic heterocycles. The van der Waals surface area contributed by atoms with Gasteiger partial charge in [0, 0.05) is 0 Å². The van der Waals surface area contributed by atoms with Crippen LogP contribution in [0.25, 0.3) is 5.69 Å². The highest BCUT2D eigenvalue weighted by Crippen LogP contribution is 2.21. The first-order chi connectivity index (χ1) is 8.27. The Morgan fingerprint density at radius 1 is 1.29 bits per heavy atom. The van der Waals surface area contributed by atoms with E-state index in [1.54, 1.807) is 0 Å². The predicted octanol–water partition coefficient (Wildman–Crippen LogP) is 1.43. The molecular weight excluding hydrogens is 216 g/mol. The Kier molecular flexibility index (Phi) is 3.39. The summed E-state index contributed by atoms with van der Waals surface area (Å²) in [6, 6.07) is 8.48. The maximum absolute atomic E-state index is 5.67. The molecule has 2 aromatic rings. The summed E-state index contributed by atoms with van der Waals surface area (Å²) >= 11 is 0. The third kappa shape index (κ3) is 2.14. The normalized spacial score (nSPS) is 10.5. The molecule has 1 aromatic carbocycles. The maximum Gasteiger partial charge on any atom is 0.321 e. The standard InChI is InChI=1S/C12H16N4O/c1-3-17-12-15-14-11(8-13)16(12)10-7-5-4-6-9(10)2/h4-7H,3,8,13H2,1-2H3. The molecule has 0 unspecified atom stereocenters. The minimum absolute atomic E-state index is 0.328. The van der Waals surface area contributed by atoms with Gasteiger partial charge < -0.3 is 10.5 Å². The summed E-state index contributed by atoms with van der Waals surface area (Å²) in [5.41, 5.74) is 7.80. The molecular formula is C12H16N4O. The number of aryl methyl sites for hydroxylation is 1. The molecule has 1 aromatic heterocycles. The molecule has 2 N–H and O–H groups in total. The van der Waals surface area contributed by atoms with E-state index < -0.39 is 0 Å². The van der Waals surface area contributed by atoms with Gasteiger partial charge in [0.1, 0.15) is 0 Å². The van der Waals surface area contributed by atoms with E-state index in [-0.39, 0.29) is 0 Å². The Morgan fingerprint density at radius 3 is 2.71 bits per heavy atom. The van der Waals surface area contributed by atoms with Gasteiger partial charge in [-0.25, -0.2) is 4.57 Å². The third-order valence-corrected chi connectivity index (χ3v) is 2.51. The number of ether oxygens (including phenoxy) is 1. The Balaban J connectivity index is 2.56. The number of rotatable bonds is 4. The van der Waals surface area contributed by atoms with Gasteiger partial charge in [0.05, 0.1) is 18.8 Å². The van der Waals surface area contributed by atoms with Crippen molar-refractivity contribution in [2.75, 3.05) is 6.61 Å². The third-order valence-electron chi connectivity index (χ3n) is 2.51. The molecule has 90 valence electrons. The van der Waals surface area contributed by atoms with Crippen LogP contribution in [0, 0.1) is 6.92 Å². The lowest BCUT2D eigenvalue weighted by atomic mass is 10.2. The zero-order valence-electron chi connectivity index (χ0n) is 10.1. The molecule has 5 nitrogen and oxygen atoms in total. The second kappa shape index (κ2) is 4.97. The number of nitrogens with two attached hydrogens (primary N) is 1. The SMILES string of the molecule is CCOc1nnc(CN)n1-c1ccccc1C. The van der Waals surface area contributed by atoms with E-state index in [2.05, 4.69) is 10.2 Å². The van der Waals surface area contributed by atoms with Crippen molar-refractivity contribution in [3.63, 3.8) is 0 Å². The molecule has 0 fully saturated rings. The molecule has 0 aliphatic carbocycles. The van der Waals surface area contributed by atoms with Gasteiger partial charge in [-0.15, -0.1) is 5.10 Å². The van der Waals surface area contributed by atoms with Crippen LogP contribution in [-0.2, 0) is 6.54 Å². The van der Waals surface area contributed by atoms with Crippen LogP contribution < -0.4 is 10.5 Å². The summed E-state index contributed by atoms with van der Waals surface area (Å²) in [6.45, 7) is 4.83. The minimum Gasteiger partial charge on any atom is -0.464 e. The van der Waals surface area contributed by atoms with Gasteiger partial charge in [0.15, 0.2) is 5.82 Å². The topological polar surface area (TPSA) is 66.0 Å². The summed E-state index contributed by atoms with van der Waals surface area (Å²) < 4.78 is 7.32. The van der Waals surface area contributed by atoms with E-state index in [1.807, 2.05) is 42.7 Å². The largest absolute Gasteiger partial charge is 0.464 e. The number of para-hydroxylation sites is 1. The van der Waals surface area contributed by atoms with E-state index in [1.165, 1.54) is 0 Å². The summed E-state index contributed by atoms with van der Waals surface area (Å²) in [6.07, 6.45) is 0. The summed E-state index contributed by atoms with van der Waals surface area (Å²) in [7, 11) is 0.